The van der Waals surface area contributed by atoms with Crippen molar-refractivity contribution in [3.8, 4) is 0 Å². The Hall–Kier alpha value is -2.87. The second kappa shape index (κ2) is 9.73. The van der Waals surface area contributed by atoms with E-state index in [1.54, 1.807) is 28.6 Å². The fraction of sp³-hybridized carbons (Fsp3) is 0.458. The molecule has 3 heterocycles. The highest BCUT2D eigenvalue weighted by Crippen LogP contribution is 2.49. The molecule has 0 unspecified atom stereocenters. The van der Waals surface area contributed by atoms with Gasteiger partial charge in [0.2, 0.25) is 11.8 Å². The van der Waals surface area contributed by atoms with E-state index in [1.165, 1.54) is 7.11 Å². The number of likely N-dealkylation sites (tertiary alicyclic amines) is 1. The number of fused-ring (bicyclic) bond motifs is 1. The van der Waals surface area contributed by atoms with Gasteiger partial charge in [-0.05, 0) is 49.3 Å². The summed E-state index contributed by atoms with van der Waals surface area (Å²) in [4.78, 5) is 42.1. The molecular weight excluding hydrogens is 428 g/mol. The maximum absolute atomic E-state index is 13.6. The maximum Gasteiger partial charge on any atom is 0.317 e. The fourth-order valence-electron chi connectivity index (χ4n) is 4.82. The van der Waals surface area contributed by atoms with Gasteiger partial charge in [0.15, 0.2) is 0 Å². The summed E-state index contributed by atoms with van der Waals surface area (Å²) < 4.78 is 10.7. The second-order valence-electron chi connectivity index (χ2n) is 8.37. The predicted octanol–water partition coefficient (Wildman–Crippen LogP) is 4.01. The number of piperidine rings is 1. The highest BCUT2D eigenvalue weighted by Gasteiger charge is 2.54. The molecule has 0 radical (unpaired) electrons. The van der Waals surface area contributed by atoms with Crippen LogP contribution in [0.15, 0.2) is 52.1 Å². The molecule has 170 valence electrons. The lowest BCUT2D eigenvalue weighted by Crippen LogP contribution is -2.53. The molecule has 2 aromatic heterocycles. The molecule has 7 nitrogen and oxygen atoms in total. The molecule has 1 aliphatic heterocycles. The minimum atomic E-state index is -0.926. The van der Waals surface area contributed by atoms with E-state index in [4.69, 9.17) is 9.15 Å². The number of amides is 2. The Morgan fingerprint density at radius 2 is 2.19 bits per heavy atom. The molecule has 1 saturated heterocycles. The molecule has 4 rings (SSSR count). The van der Waals surface area contributed by atoms with E-state index in [0.717, 1.165) is 24.1 Å². The number of ether oxygens (including phenoxy) is 1. The average Bonchev–Trinajstić information content (AvgIpc) is 3.46. The number of carbonyl (C=O) groups excluding carboxylic acids is 3. The van der Waals surface area contributed by atoms with Crippen LogP contribution < -0.4 is 5.32 Å². The van der Waals surface area contributed by atoms with Crippen LogP contribution in [-0.4, -0.2) is 29.8 Å². The van der Waals surface area contributed by atoms with Gasteiger partial charge in [0.25, 0.3) is 0 Å². The summed E-state index contributed by atoms with van der Waals surface area (Å²) in [7, 11) is 1.38. The summed E-state index contributed by atoms with van der Waals surface area (Å²) in [6, 6.07) is 7.47. The van der Waals surface area contributed by atoms with Crippen LogP contribution in [-0.2, 0) is 32.2 Å². The van der Waals surface area contributed by atoms with Gasteiger partial charge in [-0.25, -0.2) is 0 Å². The van der Waals surface area contributed by atoms with Gasteiger partial charge in [0, 0.05) is 22.9 Å². The zero-order valence-corrected chi connectivity index (χ0v) is 19.0. The Bertz CT molecular complexity index is 982. The van der Waals surface area contributed by atoms with Gasteiger partial charge in [-0.15, -0.1) is 11.3 Å². The summed E-state index contributed by atoms with van der Waals surface area (Å²) >= 11 is 1.57. The van der Waals surface area contributed by atoms with E-state index in [2.05, 4.69) is 5.32 Å². The summed E-state index contributed by atoms with van der Waals surface area (Å²) in [5.41, 5.74) is -0.233. The number of carbonyl (C=O) groups is 3. The molecule has 1 N–H and O–H groups in total. The van der Waals surface area contributed by atoms with Crippen LogP contribution in [0.5, 0.6) is 0 Å². The molecule has 2 atom stereocenters. The molecule has 8 heteroatoms. The first kappa shape index (κ1) is 22.3. The first-order valence-electron chi connectivity index (χ1n) is 11.0. The van der Waals surface area contributed by atoms with Gasteiger partial charge in [0.1, 0.15) is 11.2 Å². The fourth-order valence-corrected chi connectivity index (χ4v) is 5.46. The standard InChI is InChI=1S/C24H28N2O5S/c1-30-23(29)24-10-4-2-3-9-20(24)26(16-18-7-5-11-31-18)22(28)17(14-24)13-21(27)25-15-19-8-6-12-32-19/h5-9,11-12,17H,2-4,10,13-16H2,1H3,(H,25,27)/t17-,24+/m1/s1. The molecule has 0 spiro atoms. The van der Waals surface area contributed by atoms with E-state index in [1.807, 2.05) is 29.7 Å². The lowest BCUT2D eigenvalue weighted by molar-refractivity contribution is -0.160. The number of nitrogens with one attached hydrogen (secondary N) is 1. The van der Waals surface area contributed by atoms with Crippen molar-refractivity contribution in [1.82, 2.24) is 10.2 Å². The van der Waals surface area contributed by atoms with Crippen molar-refractivity contribution in [2.45, 2.75) is 51.6 Å². The topological polar surface area (TPSA) is 88.8 Å². The van der Waals surface area contributed by atoms with E-state index >= 15 is 0 Å². The number of thiophene rings is 1. The van der Waals surface area contributed by atoms with Gasteiger partial charge < -0.3 is 19.4 Å². The molecule has 2 aliphatic rings. The number of nitrogens with zero attached hydrogens (tertiary/aromatic N) is 1. The molecule has 0 aromatic carbocycles. The number of hydrogen-bond acceptors (Lipinski definition) is 6. The zero-order chi connectivity index (χ0) is 22.6. The third-order valence-electron chi connectivity index (χ3n) is 6.33. The number of hydrogen-bond donors (Lipinski definition) is 1. The third kappa shape index (κ3) is 4.50. The Morgan fingerprint density at radius 3 is 2.91 bits per heavy atom. The predicted molar refractivity (Wildman–Crippen MR) is 119 cm³/mol. The number of methoxy groups -OCH3 is 1. The highest BCUT2D eigenvalue weighted by molar-refractivity contribution is 7.09. The monoisotopic (exact) mass is 456 g/mol. The van der Waals surface area contributed by atoms with Crippen molar-refractivity contribution in [2.24, 2.45) is 11.3 Å². The number of furan rings is 1. The van der Waals surface area contributed by atoms with Gasteiger partial charge in [-0.1, -0.05) is 18.6 Å². The van der Waals surface area contributed by atoms with Crippen molar-refractivity contribution < 1.29 is 23.5 Å². The summed E-state index contributed by atoms with van der Waals surface area (Å²) in [6.07, 6.45) is 7.07. The zero-order valence-electron chi connectivity index (χ0n) is 18.2. The van der Waals surface area contributed by atoms with Gasteiger partial charge in [-0.2, -0.15) is 0 Å². The maximum atomic E-state index is 13.6. The van der Waals surface area contributed by atoms with Crippen LogP contribution in [0.2, 0.25) is 0 Å². The molecule has 32 heavy (non-hydrogen) atoms. The van der Waals surface area contributed by atoms with E-state index in [-0.39, 0.29) is 37.2 Å². The molecule has 1 fully saturated rings. The smallest absolute Gasteiger partial charge is 0.317 e. The Balaban J connectivity index is 1.61. The Kier molecular flexibility index (Phi) is 6.79. The van der Waals surface area contributed by atoms with E-state index < -0.39 is 11.3 Å². The van der Waals surface area contributed by atoms with Crippen LogP contribution in [0.25, 0.3) is 0 Å². The summed E-state index contributed by atoms with van der Waals surface area (Å²) in [6.45, 7) is 0.657. The minimum absolute atomic E-state index is 0.0326. The largest absolute Gasteiger partial charge is 0.468 e. The van der Waals surface area contributed by atoms with Crippen molar-refractivity contribution in [1.29, 1.82) is 0 Å². The highest BCUT2D eigenvalue weighted by atomic mass is 32.1. The lowest BCUT2D eigenvalue weighted by Gasteiger charge is -2.45. The summed E-state index contributed by atoms with van der Waals surface area (Å²) in [5, 5.41) is 4.86. The van der Waals surface area contributed by atoms with Gasteiger partial charge in [0.05, 0.1) is 26.5 Å². The van der Waals surface area contributed by atoms with Crippen molar-refractivity contribution >= 4 is 29.1 Å². The SMILES string of the molecule is COC(=O)[C@]12CCCCC=C1N(Cc1ccco1)C(=O)[C@H](CC(=O)NCc1cccs1)C2. The second-order valence-corrected chi connectivity index (χ2v) is 9.41. The quantitative estimate of drug-likeness (QED) is 0.636. The van der Waals surface area contributed by atoms with Crippen molar-refractivity contribution in [3.63, 3.8) is 0 Å². The van der Waals surface area contributed by atoms with Crippen LogP contribution in [0.1, 0.15) is 49.2 Å². The Labute approximate surface area is 191 Å². The lowest BCUT2D eigenvalue weighted by atomic mass is 9.69. The molecule has 0 saturated carbocycles. The first-order valence-corrected chi connectivity index (χ1v) is 11.8. The number of allylic oxidation sites excluding steroid dienone is 1. The molecular formula is C24H28N2O5S. The normalized spacial score (nSPS) is 23.2. The van der Waals surface area contributed by atoms with Crippen LogP contribution in [0, 0.1) is 11.3 Å². The van der Waals surface area contributed by atoms with Crippen LogP contribution in [0.4, 0.5) is 0 Å². The van der Waals surface area contributed by atoms with Gasteiger partial charge >= 0.3 is 5.97 Å². The Morgan fingerprint density at radius 1 is 1.31 bits per heavy atom. The first-order chi connectivity index (χ1) is 15.5. The van der Waals surface area contributed by atoms with Gasteiger partial charge in [-0.3, -0.25) is 14.4 Å². The molecule has 2 aromatic rings. The number of esters is 1. The average molecular weight is 457 g/mol. The van der Waals surface area contributed by atoms with Crippen molar-refractivity contribution in [3.05, 3.63) is 58.3 Å². The van der Waals surface area contributed by atoms with Crippen LogP contribution in [0.3, 0.4) is 0 Å². The molecule has 1 aliphatic carbocycles. The minimum Gasteiger partial charge on any atom is -0.468 e. The van der Waals surface area contributed by atoms with E-state index in [9.17, 15) is 14.4 Å². The molecule has 0 bridgehead atoms. The van der Waals surface area contributed by atoms with Crippen LogP contribution >= 0.6 is 11.3 Å². The number of rotatable bonds is 7. The van der Waals surface area contributed by atoms with Crippen molar-refractivity contribution in [2.75, 3.05) is 7.11 Å². The summed E-state index contributed by atoms with van der Waals surface area (Å²) in [5.74, 6) is -0.671. The molecule has 2 amide bonds. The van der Waals surface area contributed by atoms with E-state index in [0.29, 0.717) is 24.4 Å². The third-order valence-corrected chi connectivity index (χ3v) is 7.20.